The van der Waals surface area contributed by atoms with Gasteiger partial charge in [0.25, 0.3) is 0 Å². The van der Waals surface area contributed by atoms with Crippen LogP contribution < -0.4 is 5.32 Å². The second-order valence-electron chi connectivity index (χ2n) is 6.61. The highest BCUT2D eigenvalue weighted by molar-refractivity contribution is 6.30. The van der Waals surface area contributed by atoms with Crippen LogP contribution in [-0.4, -0.2) is 6.54 Å². The Labute approximate surface area is 128 Å². The predicted molar refractivity (Wildman–Crippen MR) is 86.1 cm³/mol. The number of hydrogen-bond donors (Lipinski definition) is 1. The second-order valence-corrected chi connectivity index (χ2v) is 7.05. The summed E-state index contributed by atoms with van der Waals surface area (Å²) in [6, 6.07) is 8.97. The van der Waals surface area contributed by atoms with Crippen molar-refractivity contribution in [2.75, 3.05) is 6.54 Å². The summed E-state index contributed by atoms with van der Waals surface area (Å²) in [5.41, 5.74) is 1.41. The fourth-order valence-electron chi connectivity index (χ4n) is 3.60. The average Bonchev–Trinajstić information content (AvgIpc) is 3.16. The Kier molecular flexibility index (Phi) is 5.01. The third-order valence-corrected chi connectivity index (χ3v) is 5.20. The quantitative estimate of drug-likeness (QED) is 0.668. The van der Waals surface area contributed by atoms with Crippen molar-refractivity contribution in [3.63, 3.8) is 0 Å². The van der Waals surface area contributed by atoms with Crippen LogP contribution >= 0.6 is 11.6 Å². The molecule has 2 aliphatic rings. The van der Waals surface area contributed by atoms with E-state index in [-0.39, 0.29) is 0 Å². The standard InChI is InChI=1S/C18H26ClN/c19-17-11-9-16(10-12-17)18(15-7-8-15)20-13-3-6-14-4-1-2-5-14/h9-12,14-15,18,20H,1-8,13H2. The van der Waals surface area contributed by atoms with E-state index in [1.165, 1.54) is 63.5 Å². The van der Waals surface area contributed by atoms with Crippen LogP contribution in [0.5, 0.6) is 0 Å². The summed E-state index contributed by atoms with van der Waals surface area (Å²) in [7, 11) is 0. The van der Waals surface area contributed by atoms with Crippen LogP contribution in [0.25, 0.3) is 0 Å². The van der Waals surface area contributed by atoms with E-state index in [1.54, 1.807) is 0 Å². The van der Waals surface area contributed by atoms with Gasteiger partial charge in [-0.25, -0.2) is 0 Å². The first kappa shape index (κ1) is 14.4. The number of hydrogen-bond acceptors (Lipinski definition) is 1. The summed E-state index contributed by atoms with van der Waals surface area (Å²) in [6.07, 6.45) is 11.4. The first-order chi connectivity index (χ1) is 9.83. The monoisotopic (exact) mass is 291 g/mol. The fourth-order valence-corrected chi connectivity index (χ4v) is 3.73. The van der Waals surface area contributed by atoms with Gasteiger partial charge < -0.3 is 5.32 Å². The molecule has 0 spiro atoms. The number of benzene rings is 1. The summed E-state index contributed by atoms with van der Waals surface area (Å²) >= 11 is 5.99. The molecular weight excluding hydrogens is 266 g/mol. The van der Waals surface area contributed by atoms with Crippen LogP contribution in [0.15, 0.2) is 24.3 Å². The molecule has 0 heterocycles. The van der Waals surface area contributed by atoms with Gasteiger partial charge in [-0.1, -0.05) is 49.4 Å². The molecule has 0 saturated heterocycles. The Morgan fingerprint density at radius 1 is 1.05 bits per heavy atom. The van der Waals surface area contributed by atoms with Crippen LogP contribution in [0.3, 0.4) is 0 Å². The minimum atomic E-state index is 0.552. The van der Waals surface area contributed by atoms with E-state index in [9.17, 15) is 0 Å². The van der Waals surface area contributed by atoms with Crippen molar-refractivity contribution < 1.29 is 0 Å². The number of nitrogens with one attached hydrogen (secondary N) is 1. The lowest BCUT2D eigenvalue weighted by Crippen LogP contribution is -2.24. The minimum absolute atomic E-state index is 0.552. The van der Waals surface area contributed by atoms with Gasteiger partial charge in [0.1, 0.15) is 0 Å². The zero-order valence-corrected chi connectivity index (χ0v) is 13.0. The smallest absolute Gasteiger partial charge is 0.0406 e. The number of rotatable bonds is 7. The van der Waals surface area contributed by atoms with Crippen LogP contribution in [0, 0.1) is 11.8 Å². The largest absolute Gasteiger partial charge is 0.310 e. The first-order valence-corrected chi connectivity index (χ1v) is 8.69. The zero-order chi connectivity index (χ0) is 13.8. The maximum Gasteiger partial charge on any atom is 0.0406 e. The Morgan fingerprint density at radius 2 is 1.75 bits per heavy atom. The van der Waals surface area contributed by atoms with Crippen molar-refractivity contribution >= 4 is 11.6 Å². The average molecular weight is 292 g/mol. The Morgan fingerprint density at radius 3 is 2.40 bits per heavy atom. The SMILES string of the molecule is Clc1ccc(C(NCCCC2CCCC2)C2CC2)cc1. The zero-order valence-electron chi connectivity index (χ0n) is 12.3. The molecule has 0 bridgehead atoms. The molecule has 0 aliphatic heterocycles. The molecule has 2 fully saturated rings. The Balaban J connectivity index is 1.46. The molecule has 0 aromatic heterocycles. The van der Waals surface area contributed by atoms with E-state index >= 15 is 0 Å². The van der Waals surface area contributed by atoms with Crippen molar-refractivity contribution in [2.45, 2.75) is 57.4 Å². The lowest BCUT2D eigenvalue weighted by Gasteiger charge is -2.19. The lowest BCUT2D eigenvalue weighted by molar-refractivity contribution is 0.430. The molecule has 1 aromatic rings. The van der Waals surface area contributed by atoms with Gasteiger partial charge in [-0.05, 0) is 61.8 Å². The van der Waals surface area contributed by atoms with Gasteiger partial charge in [-0.2, -0.15) is 0 Å². The van der Waals surface area contributed by atoms with Gasteiger partial charge >= 0.3 is 0 Å². The molecule has 2 aliphatic carbocycles. The molecule has 2 heteroatoms. The lowest BCUT2D eigenvalue weighted by atomic mass is 10.00. The fraction of sp³-hybridized carbons (Fsp3) is 0.667. The molecule has 1 N–H and O–H groups in total. The van der Waals surface area contributed by atoms with Crippen LogP contribution in [0.2, 0.25) is 5.02 Å². The Bertz CT molecular complexity index is 404. The summed E-state index contributed by atoms with van der Waals surface area (Å²) in [5.74, 6) is 1.87. The molecule has 2 saturated carbocycles. The molecule has 1 atom stereocenters. The molecule has 1 aromatic carbocycles. The van der Waals surface area contributed by atoms with Crippen LogP contribution in [0.1, 0.15) is 63.0 Å². The highest BCUT2D eigenvalue weighted by Gasteiger charge is 2.31. The maximum atomic E-state index is 5.99. The summed E-state index contributed by atoms with van der Waals surface area (Å²) < 4.78 is 0. The van der Waals surface area contributed by atoms with E-state index in [0.717, 1.165) is 16.9 Å². The molecule has 3 rings (SSSR count). The highest BCUT2D eigenvalue weighted by Crippen LogP contribution is 2.41. The summed E-state index contributed by atoms with van der Waals surface area (Å²) in [4.78, 5) is 0. The third-order valence-electron chi connectivity index (χ3n) is 4.95. The van der Waals surface area contributed by atoms with Gasteiger partial charge in [-0.15, -0.1) is 0 Å². The molecule has 0 radical (unpaired) electrons. The normalized spacial score (nSPS) is 21.2. The third kappa shape index (κ3) is 3.99. The van der Waals surface area contributed by atoms with Crippen molar-refractivity contribution in [1.29, 1.82) is 0 Å². The van der Waals surface area contributed by atoms with Crippen molar-refractivity contribution in [3.05, 3.63) is 34.9 Å². The second kappa shape index (κ2) is 6.95. The first-order valence-electron chi connectivity index (χ1n) is 8.32. The topological polar surface area (TPSA) is 12.0 Å². The van der Waals surface area contributed by atoms with Gasteiger partial charge in [0, 0.05) is 11.1 Å². The highest BCUT2D eigenvalue weighted by atomic mass is 35.5. The molecule has 1 unspecified atom stereocenters. The van der Waals surface area contributed by atoms with Crippen molar-refractivity contribution in [1.82, 2.24) is 5.32 Å². The molecule has 110 valence electrons. The van der Waals surface area contributed by atoms with Crippen molar-refractivity contribution in [3.8, 4) is 0 Å². The van der Waals surface area contributed by atoms with E-state index in [0.29, 0.717) is 6.04 Å². The van der Waals surface area contributed by atoms with Gasteiger partial charge in [0.2, 0.25) is 0 Å². The summed E-state index contributed by atoms with van der Waals surface area (Å²) in [5, 5.41) is 4.64. The molecule has 0 amide bonds. The summed E-state index contributed by atoms with van der Waals surface area (Å²) in [6.45, 7) is 1.17. The van der Waals surface area contributed by atoms with Crippen molar-refractivity contribution in [2.24, 2.45) is 11.8 Å². The predicted octanol–water partition coefficient (Wildman–Crippen LogP) is 5.35. The number of halogens is 1. The van der Waals surface area contributed by atoms with Crippen LogP contribution in [-0.2, 0) is 0 Å². The van der Waals surface area contributed by atoms with Crippen LogP contribution in [0.4, 0.5) is 0 Å². The van der Waals surface area contributed by atoms with E-state index < -0.39 is 0 Å². The maximum absolute atomic E-state index is 5.99. The van der Waals surface area contributed by atoms with E-state index in [4.69, 9.17) is 11.6 Å². The van der Waals surface area contributed by atoms with Gasteiger partial charge in [-0.3, -0.25) is 0 Å². The molecule has 1 nitrogen and oxygen atoms in total. The van der Waals surface area contributed by atoms with Gasteiger partial charge in [0.15, 0.2) is 0 Å². The minimum Gasteiger partial charge on any atom is -0.310 e. The van der Waals surface area contributed by atoms with E-state index in [2.05, 4.69) is 17.4 Å². The molecule has 20 heavy (non-hydrogen) atoms. The molecular formula is C18H26ClN. The van der Waals surface area contributed by atoms with E-state index in [1.807, 2.05) is 12.1 Å². The van der Waals surface area contributed by atoms with Gasteiger partial charge in [0.05, 0.1) is 0 Å². The Hall–Kier alpha value is -0.530.